The maximum Gasteiger partial charge on any atom is 0.0852 e. The lowest BCUT2D eigenvalue weighted by atomic mass is 10.0. The van der Waals surface area contributed by atoms with Crippen LogP contribution in [-0.2, 0) is 0 Å². The first kappa shape index (κ1) is 24.6. The second-order valence-electron chi connectivity index (χ2n) is 7.05. The van der Waals surface area contributed by atoms with Gasteiger partial charge >= 0.3 is 0 Å². The van der Waals surface area contributed by atoms with Crippen LogP contribution < -0.4 is 0 Å². The SMILES string of the molecule is C=C/C=C\C(=C/C=C)N=NC(CCCCCCC)CCCCCCCC. The summed E-state index contributed by atoms with van der Waals surface area (Å²) in [6.45, 7) is 12.0. The second-order valence-corrected chi connectivity index (χ2v) is 7.05. The Morgan fingerprint density at radius 2 is 1.31 bits per heavy atom. The van der Waals surface area contributed by atoms with Crippen LogP contribution in [0.2, 0.25) is 0 Å². The molecule has 26 heavy (non-hydrogen) atoms. The van der Waals surface area contributed by atoms with Crippen LogP contribution in [0.15, 0.2) is 59.5 Å². The fourth-order valence-corrected chi connectivity index (χ4v) is 2.96. The molecule has 1 atom stereocenters. The number of allylic oxidation sites excluding steroid dienone is 5. The molecule has 0 aliphatic rings. The Balaban J connectivity index is 4.50. The highest BCUT2D eigenvalue weighted by atomic mass is 15.1. The standard InChI is InChI=1S/C24H42N2/c1-5-9-12-14-16-18-22-24(21-17-15-13-10-6-2)26-25-23(19-8-4)20-11-7-3/h7-8,11,19-20,24H,3-6,9-10,12-18,21-22H2,1-2H3/b20-11-,23-19+,26-25?. The molecule has 0 saturated heterocycles. The van der Waals surface area contributed by atoms with Crippen LogP contribution in [0.1, 0.15) is 97.3 Å². The van der Waals surface area contributed by atoms with Gasteiger partial charge < -0.3 is 0 Å². The van der Waals surface area contributed by atoms with Gasteiger partial charge in [0.1, 0.15) is 0 Å². The van der Waals surface area contributed by atoms with Gasteiger partial charge in [0.2, 0.25) is 0 Å². The Kier molecular flexibility index (Phi) is 18.8. The molecule has 0 radical (unpaired) electrons. The molecular weight excluding hydrogens is 316 g/mol. The lowest BCUT2D eigenvalue weighted by molar-refractivity contribution is 0.475. The first-order chi connectivity index (χ1) is 12.8. The van der Waals surface area contributed by atoms with Crippen molar-refractivity contribution in [2.24, 2.45) is 10.2 Å². The van der Waals surface area contributed by atoms with Gasteiger partial charge in [-0.2, -0.15) is 10.2 Å². The van der Waals surface area contributed by atoms with Gasteiger partial charge in [0.05, 0.1) is 11.7 Å². The molecule has 0 amide bonds. The summed E-state index contributed by atoms with van der Waals surface area (Å²) in [6, 6.07) is 0.355. The van der Waals surface area contributed by atoms with Crippen molar-refractivity contribution in [3.8, 4) is 0 Å². The average molecular weight is 359 g/mol. The Morgan fingerprint density at radius 3 is 1.81 bits per heavy atom. The molecule has 0 aromatic rings. The molecule has 148 valence electrons. The predicted molar refractivity (Wildman–Crippen MR) is 118 cm³/mol. The molecule has 0 saturated carbocycles. The minimum Gasteiger partial charge on any atom is -0.185 e. The van der Waals surface area contributed by atoms with E-state index in [0.29, 0.717) is 6.04 Å². The summed E-state index contributed by atoms with van der Waals surface area (Å²) < 4.78 is 0. The third-order valence-electron chi connectivity index (χ3n) is 4.56. The molecule has 0 bridgehead atoms. The summed E-state index contributed by atoms with van der Waals surface area (Å²) in [4.78, 5) is 0. The van der Waals surface area contributed by atoms with Gasteiger partial charge in [-0.25, -0.2) is 0 Å². The van der Waals surface area contributed by atoms with Gasteiger partial charge in [0.25, 0.3) is 0 Å². The maximum atomic E-state index is 4.67. The first-order valence-electron chi connectivity index (χ1n) is 10.8. The summed E-state index contributed by atoms with van der Waals surface area (Å²) in [5.74, 6) is 0. The summed E-state index contributed by atoms with van der Waals surface area (Å²) in [5, 5.41) is 9.15. The highest BCUT2D eigenvalue weighted by Crippen LogP contribution is 2.17. The van der Waals surface area contributed by atoms with Crippen molar-refractivity contribution in [2.75, 3.05) is 0 Å². The molecule has 2 nitrogen and oxygen atoms in total. The second kappa shape index (κ2) is 19.9. The molecule has 1 unspecified atom stereocenters. The minimum absolute atomic E-state index is 0.355. The summed E-state index contributed by atoms with van der Waals surface area (Å²) in [7, 11) is 0. The highest BCUT2D eigenvalue weighted by Gasteiger charge is 2.07. The number of unbranched alkanes of at least 4 members (excludes halogenated alkanes) is 9. The smallest absolute Gasteiger partial charge is 0.0852 e. The molecule has 0 spiro atoms. The molecule has 0 aromatic carbocycles. The highest BCUT2D eigenvalue weighted by molar-refractivity contribution is 5.23. The van der Waals surface area contributed by atoms with Crippen molar-refractivity contribution in [1.82, 2.24) is 0 Å². The Bertz CT molecular complexity index is 418. The number of rotatable bonds is 18. The summed E-state index contributed by atoms with van der Waals surface area (Å²) in [5.41, 5.74) is 0.846. The fraction of sp³-hybridized carbons (Fsp3) is 0.667. The van der Waals surface area contributed by atoms with Crippen LogP contribution in [0.5, 0.6) is 0 Å². The van der Waals surface area contributed by atoms with Gasteiger partial charge in [-0.3, -0.25) is 0 Å². The summed E-state index contributed by atoms with van der Waals surface area (Å²) >= 11 is 0. The van der Waals surface area contributed by atoms with Gasteiger partial charge in [-0.1, -0.05) is 116 Å². The van der Waals surface area contributed by atoms with Crippen molar-refractivity contribution in [3.63, 3.8) is 0 Å². The lowest BCUT2D eigenvalue weighted by Crippen LogP contribution is -2.04. The molecule has 0 heterocycles. The summed E-state index contributed by atoms with van der Waals surface area (Å²) in [6.07, 6.45) is 26.1. The minimum atomic E-state index is 0.355. The van der Waals surface area contributed by atoms with Crippen LogP contribution in [-0.4, -0.2) is 6.04 Å². The Labute approximate surface area is 163 Å². The zero-order chi connectivity index (χ0) is 19.3. The van der Waals surface area contributed by atoms with Crippen molar-refractivity contribution >= 4 is 0 Å². The molecule has 2 heteroatoms. The van der Waals surface area contributed by atoms with Gasteiger partial charge in [0, 0.05) is 0 Å². The topological polar surface area (TPSA) is 24.7 Å². The number of hydrogen-bond acceptors (Lipinski definition) is 2. The molecule has 0 aliphatic carbocycles. The Hall–Kier alpha value is -1.44. The normalized spacial score (nSPS) is 13.5. The molecule has 0 fully saturated rings. The molecule has 0 aromatic heterocycles. The van der Waals surface area contributed by atoms with Gasteiger partial charge in [-0.15, -0.1) is 0 Å². The van der Waals surface area contributed by atoms with E-state index in [9.17, 15) is 0 Å². The van der Waals surface area contributed by atoms with Crippen LogP contribution in [0, 0.1) is 0 Å². The van der Waals surface area contributed by atoms with Gasteiger partial charge in [0.15, 0.2) is 0 Å². The molecule has 0 rings (SSSR count). The van der Waals surface area contributed by atoms with Crippen molar-refractivity contribution in [2.45, 2.75) is 103 Å². The van der Waals surface area contributed by atoms with E-state index in [0.717, 1.165) is 18.5 Å². The van der Waals surface area contributed by atoms with Crippen molar-refractivity contribution < 1.29 is 0 Å². The van der Waals surface area contributed by atoms with Crippen LogP contribution >= 0.6 is 0 Å². The van der Waals surface area contributed by atoms with Crippen LogP contribution in [0.4, 0.5) is 0 Å². The van der Waals surface area contributed by atoms with E-state index in [2.05, 4.69) is 37.2 Å². The molecule has 0 N–H and O–H groups in total. The van der Waals surface area contributed by atoms with Crippen molar-refractivity contribution in [1.29, 1.82) is 0 Å². The van der Waals surface area contributed by atoms with E-state index in [1.807, 2.05) is 18.2 Å². The fourth-order valence-electron chi connectivity index (χ4n) is 2.96. The average Bonchev–Trinajstić information content (AvgIpc) is 2.65. The van der Waals surface area contributed by atoms with E-state index < -0.39 is 0 Å². The van der Waals surface area contributed by atoms with Crippen LogP contribution in [0.25, 0.3) is 0 Å². The van der Waals surface area contributed by atoms with E-state index in [1.54, 1.807) is 12.2 Å². The monoisotopic (exact) mass is 358 g/mol. The van der Waals surface area contributed by atoms with Crippen molar-refractivity contribution in [3.05, 3.63) is 49.2 Å². The van der Waals surface area contributed by atoms with Crippen LogP contribution in [0.3, 0.4) is 0 Å². The van der Waals surface area contributed by atoms with E-state index >= 15 is 0 Å². The quantitative estimate of drug-likeness (QED) is 0.133. The molecular formula is C24H42N2. The number of nitrogens with zero attached hydrogens (tertiary/aromatic N) is 2. The predicted octanol–water partition coefficient (Wildman–Crippen LogP) is 8.73. The Morgan fingerprint density at radius 1 is 0.769 bits per heavy atom. The van der Waals surface area contributed by atoms with Gasteiger partial charge in [-0.05, 0) is 25.0 Å². The zero-order valence-corrected chi connectivity index (χ0v) is 17.5. The zero-order valence-electron chi connectivity index (χ0n) is 17.5. The van der Waals surface area contributed by atoms with E-state index in [4.69, 9.17) is 0 Å². The third kappa shape index (κ3) is 16.1. The number of azo groups is 1. The maximum absolute atomic E-state index is 4.67. The third-order valence-corrected chi connectivity index (χ3v) is 4.56. The van der Waals surface area contributed by atoms with E-state index in [1.165, 1.54) is 70.6 Å². The number of hydrogen-bond donors (Lipinski definition) is 0. The molecule has 0 aliphatic heterocycles. The van der Waals surface area contributed by atoms with E-state index in [-0.39, 0.29) is 0 Å². The largest absolute Gasteiger partial charge is 0.185 e. The first-order valence-corrected chi connectivity index (χ1v) is 10.8. The lowest BCUT2D eigenvalue weighted by Gasteiger charge is -2.11.